The summed E-state index contributed by atoms with van der Waals surface area (Å²) in [5.74, 6) is -0.509. The van der Waals surface area contributed by atoms with Crippen molar-refractivity contribution < 1.29 is 14.3 Å². The molecule has 8 heteroatoms. The SMILES string of the molecule is C[C@@H]1CN(C(=S)S[C@@H]2CC(=O)N(c3ccc(C#N)cc3)C2=O)C[C@@H](C)O1. The quantitative estimate of drug-likeness (QED) is 0.568. The number of benzene rings is 1. The summed E-state index contributed by atoms with van der Waals surface area (Å²) >= 11 is 6.78. The molecule has 26 heavy (non-hydrogen) atoms. The van der Waals surface area contributed by atoms with Crippen molar-refractivity contribution in [2.75, 3.05) is 18.0 Å². The maximum absolute atomic E-state index is 12.7. The number of nitrogens with zero attached hydrogens (tertiary/aromatic N) is 3. The molecule has 0 radical (unpaired) electrons. The van der Waals surface area contributed by atoms with Crippen LogP contribution in [0, 0.1) is 11.3 Å². The Bertz CT molecular complexity index is 765. The topological polar surface area (TPSA) is 73.6 Å². The molecule has 0 aromatic heterocycles. The first kappa shape index (κ1) is 18.8. The van der Waals surface area contributed by atoms with Gasteiger partial charge in [-0.25, -0.2) is 4.90 Å². The van der Waals surface area contributed by atoms with E-state index in [9.17, 15) is 9.59 Å². The minimum atomic E-state index is -0.515. The number of thiocarbonyl (C=S) groups is 1. The van der Waals surface area contributed by atoms with Gasteiger partial charge in [0.05, 0.1) is 29.5 Å². The number of nitriles is 1. The Hall–Kier alpha value is -1.95. The van der Waals surface area contributed by atoms with Crippen LogP contribution in [0.3, 0.4) is 0 Å². The largest absolute Gasteiger partial charge is 0.372 e. The van der Waals surface area contributed by atoms with Crippen LogP contribution in [0.2, 0.25) is 0 Å². The number of morpholine rings is 1. The lowest BCUT2D eigenvalue weighted by atomic mass is 10.2. The van der Waals surface area contributed by atoms with Crippen LogP contribution in [0.15, 0.2) is 24.3 Å². The van der Waals surface area contributed by atoms with Gasteiger partial charge in [-0.15, -0.1) is 0 Å². The van der Waals surface area contributed by atoms with E-state index >= 15 is 0 Å². The van der Waals surface area contributed by atoms with E-state index in [1.807, 2.05) is 24.8 Å². The second kappa shape index (κ2) is 7.74. The molecule has 2 aliphatic heterocycles. The van der Waals surface area contributed by atoms with Crippen molar-refractivity contribution in [1.29, 1.82) is 5.26 Å². The van der Waals surface area contributed by atoms with E-state index in [-0.39, 0.29) is 30.4 Å². The molecule has 2 heterocycles. The number of hydrogen-bond donors (Lipinski definition) is 0. The Morgan fingerprint density at radius 3 is 2.42 bits per heavy atom. The van der Waals surface area contributed by atoms with Gasteiger partial charge in [0.2, 0.25) is 11.8 Å². The highest BCUT2D eigenvalue weighted by Crippen LogP contribution is 2.32. The number of ether oxygens (including phenoxy) is 1. The summed E-state index contributed by atoms with van der Waals surface area (Å²) < 4.78 is 6.33. The average molecular weight is 390 g/mol. The van der Waals surface area contributed by atoms with Crippen LogP contribution < -0.4 is 4.90 Å². The fraction of sp³-hybridized carbons (Fsp3) is 0.444. The molecule has 136 valence electrons. The number of carbonyl (C=O) groups excluding carboxylic acids is 2. The molecule has 1 aromatic rings. The zero-order chi connectivity index (χ0) is 18.8. The standard InChI is InChI=1S/C18H19N3O3S2/c1-11-9-20(10-12(2)24-11)18(25)26-15-7-16(22)21(17(15)23)14-5-3-13(8-19)4-6-14/h3-6,11-12,15H,7,9-10H2,1-2H3/t11-,12-,15-/m1/s1. The van der Waals surface area contributed by atoms with E-state index in [0.29, 0.717) is 28.7 Å². The second-order valence-electron chi connectivity index (χ2n) is 6.46. The molecule has 6 nitrogen and oxygen atoms in total. The summed E-state index contributed by atoms with van der Waals surface area (Å²) in [5.41, 5.74) is 0.970. The predicted octanol–water partition coefficient (Wildman–Crippen LogP) is 2.32. The van der Waals surface area contributed by atoms with Crippen LogP contribution in [-0.4, -0.2) is 51.6 Å². The summed E-state index contributed by atoms with van der Waals surface area (Å²) in [7, 11) is 0. The normalized spacial score (nSPS) is 26.1. The van der Waals surface area contributed by atoms with Crippen LogP contribution in [0.5, 0.6) is 0 Å². The summed E-state index contributed by atoms with van der Waals surface area (Å²) in [5, 5.41) is 8.36. The number of imide groups is 1. The van der Waals surface area contributed by atoms with Crippen molar-refractivity contribution in [3.05, 3.63) is 29.8 Å². The second-order valence-corrected chi connectivity index (χ2v) is 8.30. The van der Waals surface area contributed by atoms with Gasteiger partial charge in [-0.05, 0) is 38.1 Å². The minimum Gasteiger partial charge on any atom is -0.372 e. The zero-order valence-corrected chi connectivity index (χ0v) is 16.2. The van der Waals surface area contributed by atoms with Gasteiger partial charge >= 0.3 is 0 Å². The Kier molecular flexibility index (Phi) is 5.61. The predicted molar refractivity (Wildman–Crippen MR) is 104 cm³/mol. The molecule has 0 saturated carbocycles. The number of thioether (sulfide) groups is 1. The lowest BCUT2D eigenvalue weighted by Gasteiger charge is -2.36. The van der Waals surface area contributed by atoms with Crippen molar-refractivity contribution in [3.63, 3.8) is 0 Å². The van der Waals surface area contributed by atoms with Crippen molar-refractivity contribution in [1.82, 2.24) is 4.90 Å². The van der Waals surface area contributed by atoms with Gasteiger partial charge in [0, 0.05) is 19.5 Å². The number of anilines is 1. The summed E-state index contributed by atoms with van der Waals surface area (Å²) in [4.78, 5) is 28.3. The first-order valence-electron chi connectivity index (χ1n) is 8.37. The van der Waals surface area contributed by atoms with Crippen molar-refractivity contribution in [3.8, 4) is 6.07 Å². The summed E-state index contributed by atoms with van der Waals surface area (Å²) in [6, 6.07) is 8.44. The van der Waals surface area contributed by atoms with Crippen molar-refractivity contribution >= 4 is 45.8 Å². The Balaban J connectivity index is 1.68. The molecule has 0 bridgehead atoms. The van der Waals surface area contributed by atoms with Crippen LogP contribution in [0.25, 0.3) is 0 Å². The molecular formula is C18H19N3O3S2. The zero-order valence-electron chi connectivity index (χ0n) is 14.5. The molecule has 2 amide bonds. The van der Waals surface area contributed by atoms with Crippen LogP contribution >= 0.6 is 24.0 Å². The minimum absolute atomic E-state index is 0.0772. The lowest BCUT2D eigenvalue weighted by molar-refractivity contribution is -0.121. The Morgan fingerprint density at radius 2 is 1.85 bits per heavy atom. The molecule has 1 aromatic carbocycles. The molecule has 0 aliphatic carbocycles. The maximum atomic E-state index is 12.7. The summed E-state index contributed by atoms with van der Waals surface area (Å²) in [6.45, 7) is 5.36. The highest BCUT2D eigenvalue weighted by atomic mass is 32.2. The molecular weight excluding hydrogens is 370 g/mol. The van der Waals surface area contributed by atoms with Gasteiger partial charge in [0.15, 0.2) is 0 Å². The highest BCUT2D eigenvalue weighted by Gasteiger charge is 2.41. The van der Waals surface area contributed by atoms with Crippen LogP contribution in [0.4, 0.5) is 5.69 Å². The molecule has 2 saturated heterocycles. The van der Waals surface area contributed by atoms with Gasteiger partial charge < -0.3 is 9.64 Å². The fourth-order valence-electron chi connectivity index (χ4n) is 3.18. The first-order chi connectivity index (χ1) is 12.4. The first-order valence-corrected chi connectivity index (χ1v) is 9.66. The Labute approximate surface area is 162 Å². The molecule has 0 N–H and O–H groups in total. The van der Waals surface area contributed by atoms with Gasteiger partial charge in [0.1, 0.15) is 9.57 Å². The van der Waals surface area contributed by atoms with Crippen molar-refractivity contribution in [2.45, 2.75) is 37.7 Å². The molecule has 0 spiro atoms. The molecule has 0 unspecified atom stereocenters. The fourth-order valence-corrected chi connectivity index (χ4v) is 4.65. The molecule has 2 aliphatic rings. The molecule has 3 rings (SSSR count). The Morgan fingerprint density at radius 1 is 1.23 bits per heavy atom. The smallest absolute Gasteiger partial charge is 0.247 e. The van der Waals surface area contributed by atoms with E-state index in [0.717, 1.165) is 0 Å². The van der Waals surface area contributed by atoms with E-state index in [1.165, 1.54) is 16.7 Å². The third kappa shape index (κ3) is 3.90. The van der Waals surface area contributed by atoms with E-state index in [2.05, 4.69) is 0 Å². The van der Waals surface area contributed by atoms with Gasteiger partial charge in [-0.1, -0.05) is 24.0 Å². The van der Waals surface area contributed by atoms with Crippen molar-refractivity contribution in [2.24, 2.45) is 0 Å². The highest BCUT2D eigenvalue weighted by molar-refractivity contribution is 8.23. The van der Waals surface area contributed by atoms with Gasteiger partial charge in [-0.3, -0.25) is 9.59 Å². The number of amides is 2. The monoisotopic (exact) mass is 389 g/mol. The van der Waals surface area contributed by atoms with Gasteiger partial charge in [0.25, 0.3) is 0 Å². The molecule has 3 atom stereocenters. The average Bonchev–Trinajstić information content (AvgIpc) is 2.88. The lowest BCUT2D eigenvalue weighted by Crippen LogP contribution is -2.47. The number of hydrogen-bond acceptors (Lipinski definition) is 6. The maximum Gasteiger partial charge on any atom is 0.247 e. The van der Waals surface area contributed by atoms with E-state index in [4.69, 9.17) is 22.2 Å². The van der Waals surface area contributed by atoms with Crippen LogP contribution in [0.1, 0.15) is 25.8 Å². The van der Waals surface area contributed by atoms with E-state index in [1.54, 1.807) is 24.3 Å². The third-order valence-electron chi connectivity index (χ3n) is 4.28. The van der Waals surface area contributed by atoms with E-state index < -0.39 is 5.25 Å². The molecule has 2 fully saturated rings. The van der Waals surface area contributed by atoms with Gasteiger partial charge in [-0.2, -0.15) is 5.26 Å². The summed E-state index contributed by atoms with van der Waals surface area (Å²) in [6.07, 6.45) is 0.278. The number of rotatable bonds is 2. The third-order valence-corrected chi connectivity index (χ3v) is 5.94. The number of carbonyl (C=O) groups is 2. The van der Waals surface area contributed by atoms with Crippen LogP contribution in [-0.2, 0) is 14.3 Å².